The number of imide groups is 1. The summed E-state index contributed by atoms with van der Waals surface area (Å²) < 4.78 is 1.83. The monoisotopic (exact) mass is 368 g/mol. The molecule has 0 saturated carbocycles. The van der Waals surface area contributed by atoms with Gasteiger partial charge in [0.15, 0.2) is 0 Å². The zero-order valence-electron chi connectivity index (χ0n) is 15.8. The standard InChI is InChI=1S/C20H24N4O3/c1-12-17(13(2)24(3)23-12)8-9-18(25)21-16-6-4-14(5-7-16)10-15-11-19(26)22-20(15)27/h4-7,15H,8-11H2,1-3H3,(H,21,25)(H,22,26,27). The highest BCUT2D eigenvalue weighted by Gasteiger charge is 2.30. The van der Waals surface area contributed by atoms with Crippen molar-refractivity contribution in [1.29, 1.82) is 0 Å². The zero-order valence-corrected chi connectivity index (χ0v) is 15.8. The molecule has 0 radical (unpaired) electrons. The van der Waals surface area contributed by atoms with E-state index in [-0.39, 0.29) is 30.1 Å². The van der Waals surface area contributed by atoms with Crippen molar-refractivity contribution >= 4 is 23.4 Å². The summed E-state index contributed by atoms with van der Waals surface area (Å²) in [5.41, 5.74) is 4.84. The second kappa shape index (κ2) is 7.73. The summed E-state index contributed by atoms with van der Waals surface area (Å²) in [6, 6.07) is 7.40. The third kappa shape index (κ3) is 4.42. The lowest BCUT2D eigenvalue weighted by Gasteiger charge is -2.09. The number of aryl methyl sites for hydroxylation is 2. The van der Waals surface area contributed by atoms with Crippen LogP contribution in [0.15, 0.2) is 24.3 Å². The first-order valence-corrected chi connectivity index (χ1v) is 9.05. The van der Waals surface area contributed by atoms with E-state index in [1.807, 2.05) is 49.8 Å². The van der Waals surface area contributed by atoms with E-state index >= 15 is 0 Å². The molecule has 0 bridgehead atoms. The number of carbonyl (C=O) groups excluding carboxylic acids is 3. The third-order valence-corrected chi connectivity index (χ3v) is 5.05. The van der Waals surface area contributed by atoms with Gasteiger partial charge in [-0.15, -0.1) is 0 Å². The van der Waals surface area contributed by atoms with Crippen LogP contribution in [0.25, 0.3) is 0 Å². The van der Waals surface area contributed by atoms with Crippen molar-refractivity contribution in [1.82, 2.24) is 15.1 Å². The van der Waals surface area contributed by atoms with Crippen LogP contribution in [-0.2, 0) is 34.3 Å². The highest BCUT2D eigenvalue weighted by Crippen LogP contribution is 2.19. The Bertz CT molecular complexity index is 883. The number of rotatable bonds is 6. The number of aromatic nitrogens is 2. The van der Waals surface area contributed by atoms with E-state index in [2.05, 4.69) is 15.7 Å². The molecular weight excluding hydrogens is 344 g/mol. The number of amides is 3. The Labute approximate surface area is 158 Å². The van der Waals surface area contributed by atoms with Gasteiger partial charge in [-0.05, 0) is 49.9 Å². The Balaban J connectivity index is 1.52. The number of carbonyl (C=O) groups is 3. The molecule has 0 spiro atoms. The van der Waals surface area contributed by atoms with Gasteiger partial charge in [-0.2, -0.15) is 5.10 Å². The first kappa shape index (κ1) is 18.8. The van der Waals surface area contributed by atoms with Crippen molar-refractivity contribution in [3.05, 3.63) is 46.8 Å². The second-order valence-corrected chi connectivity index (χ2v) is 7.04. The molecule has 1 aromatic carbocycles. The Hall–Kier alpha value is -2.96. The van der Waals surface area contributed by atoms with E-state index in [1.165, 1.54) is 0 Å². The van der Waals surface area contributed by atoms with Crippen LogP contribution in [-0.4, -0.2) is 27.5 Å². The average molecular weight is 368 g/mol. The van der Waals surface area contributed by atoms with Gasteiger partial charge in [-0.1, -0.05) is 12.1 Å². The summed E-state index contributed by atoms with van der Waals surface area (Å²) in [6.45, 7) is 3.96. The molecule has 1 aliphatic rings. The molecule has 2 heterocycles. The van der Waals surface area contributed by atoms with Crippen LogP contribution >= 0.6 is 0 Å². The molecule has 1 fully saturated rings. The smallest absolute Gasteiger partial charge is 0.230 e. The molecule has 1 aliphatic heterocycles. The van der Waals surface area contributed by atoms with Crippen LogP contribution in [0.4, 0.5) is 5.69 Å². The summed E-state index contributed by atoms with van der Waals surface area (Å²) >= 11 is 0. The van der Waals surface area contributed by atoms with Crippen LogP contribution in [0, 0.1) is 19.8 Å². The van der Waals surface area contributed by atoms with Crippen LogP contribution in [0.5, 0.6) is 0 Å². The second-order valence-electron chi connectivity index (χ2n) is 7.04. The summed E-state index contributed by atoms with van der Waals surface area (Å²) in [4.78, 5) is 35.1. The summed E-state index contributed by atoms with van der Waals surface area (Å²) in [7, 11) is 1.90. The molecule has 3 amide bonds. The molecule has 2 N–H and O–H groups in total. The van der Waals surface area contributed by atoms with Gasteiger partial charge in [0.2, 0.25) is 17.7 Å². The van der Waals surface area contributed by atoms with Gasteiger partial charge in [-0.25, -0.2) is 0 Å². The SMILES string of the molecule is Cc1nn(C)c(C)c1CCC(=O)Nc1ccc(CC2CC(=O)NC2=O)cc1. The fourth-order valence-corrected chi connectivity index (χ4v) is 3.42. The van der Waals surface area contributed by atoms with E-state index in [1.54, 1.807) is 0 Å². The van der Waals surface area contributed by atoms with Gasteiger partial charge in [0.25, 0.3) is 0 Å². The van der Waals surface area contributed by atoms with Crippen molar-refractivity contribution in [2.45, 2.75) is 39.5 Å². The van der Waals surface area contributed by atoms with Crippen molar-refractivity contribution < 1.29 is 14.4 Å². The average Bonchev–Trinajstić information content (AvgIpc) is 3.05. The summed E-state index contributed by atoms with van der Waals surface area (Å²) in [6.07, 6.45) is 1.80. The van der Waals surface area contributed by atoms with E-state index in [0.717, 1.165) is 28.2 Å². The van der Waals surface area contributed by atoms with E-state index in [0.29, 0.717) is 19.3 Å². The number of hydrogen-bond donors (Lipinski definition) is 2. The van der Waals surface area contributed by atoms with Crippen molar-refractivity contribution in [3.63, 3.8) is 0 Å². The Morgan fingerprint density at radius 1 is 1.26 bits per heavy atom. The molecule has 7 nitrogen and oxygen atoms in total. The number of hydrogen-bond acceptors (Lipinski definition) is 4. The van der Waals surface area contributed by atoms with Crippen LogP contribution in [0.2, 0.25) is 0 Å². The van der Waals surface area contributed by atoms with Gasteiger partial charge in [0.1, 0.15) is 0 Å². The van der Waals surface area contributed by atoms with Crippen molar-refractivity contribution in [2.24, 2.45) is 13.0 Å². The minimum absolute atomic E-state index is 0.0498. The predicted molar refractivity (Wildman–Crippen MR) is 101 cm³/mol. The molecule has 142 valence electrons. The summed E-state index contributed by atoms with van der Waals surface area (Å²) in [5.74, 6) is -0.776. The van der Waals surface area contributed by atoms with Crippen LogP contribution in [0.1, 0.15) is 35.4 Å². The Kier molecular flexibility index (Phi) is 5.39. The van der Waals surface area contributed by atoms with E-state index in [4.69, 9.17) is 0 Å². The lowest BCUT2D eigenvalue weighted by molar-refractivity contribution is -0.125. The third-order valence-electron chi connectivity index (χ3n) is 5.05. The van der Waals surface area contributed by atoms with Gasteiger partial charge in [0.05, 0.1) is 11.6 Å². The van der Waals surface area contributed by atoms with Gasteiger partial charge >= 0.3 is 0 Å². The molecule has 2 aromatic rings. The Morgan fingerprint density at radius 3 is 2.52 bits per heavy atom. The molecule has 7 heteroatoms. The maximum absolute atomic E-state index is 12.2. The molecule has 1 saturated heterocycles. The van der Waals surface area contributed by atoms with Crippen LogP contribution in [0.3, 0.4) is 0 Å². The number of nitrogens with one attached hydrogen (secondary N) is 2. The minimum atomic E-state index is -0.302. The normalized spacial score (nSPS) is 16.5. The molecular formula is C20H24N4O3. The number of benzene rings is 1. The molecule has 3 rings (SSSR count). The predicted octanol–water partition coefficient (Wildman–Crippen LogP) is 1.81. The Morgan fingerprint density at radius 2 is 1.96 bits per heavy atom. The first-order chi connectivity index (χ1) is 12.8. The molecule has 1 aromatic heterocycles. The minimum Gasteiger partial charge on any atom is -0.326 e. The largest absolute Gasteiger partial charge is 0.326 e. The molecule has 27 heavy (non-hydrogen) atoms. The molecule has 1 unspecified atom stereocenters. The first-order valence-electron chi connectivity index (χ1n) is 9.05. The maximum Gasteiger partial charge on any atom is 0.230 e. The van der Waals surface area contributed by atoms with Crippen molar-refractivity contribution in [3.8, 4) is 0 Å². The number of nitrogens with zero attached hydrogens (tertiary/aromatic N) is 2. The number of anilines is 1. The quantitative estimate of drug-likeness (QED) is 0.761. The van der Waals surface area contributed by atoms with Crippen LogP contribution < -0.4 is 10.6 Å². The highest BCUT2D eigenvalue weighted by atomic mass is 16.2. The van der Waals surface area contributed by atoms with E-state index < -0.39 is 0 Å². The lowest BCUT2D eigenvalue weighted by Crippen LogP contribution is -2.22. The topological polar surface area (TPSA) is 93.1 Å². The van der Waals surface area contributed by atoms with Gasteiger partial charge in [-0.3, -0.25) is 24.4 Å². The van der Waals surface area contributed by atoms with Gasteiger partial charge < -0.3 is 5.32 Å². The summed E-state index contributed by atoms with van der Waals surface area (Å²) in [5, 5.41) is 9.59. The lowest BCUT2D eigenvalue weighted by atomic mass is 9.98. The van der Waals surface area contributed by atoms with Crippen molar-refractivity contribution in [2.75, 3.05) is 5.32 Å². The maximum atomic E-state index is 12.2. The molecule has 0 aliphatic carbocycles. The van der Waals surface area contributed by atoms with E-state index in [9.17, 15) is 14.4 Å². The molecule has 1 atom stereocenters. The highest BCUT2D eigenvalue weighted by molar-refractivity contribution is 6.03. The fraction of sp³-hybridized carbons (Fsp3) is 0.400. The van der Waals surface area contributed by atoms with Gasteiger partial charge in [0, 0.05) is 31.3 Å². The fourth-order valence-electron chi connectivity index (χ4n) is 3.42. The zero-order chi connectivity index (χ0) is 19.6.